The van der Waals surface area contributed by atoms with Gasteiger partial charge in [0.2, 0.25) is 0 Å². The van der Waals surface area contributed by atoms with Gasteiger partial charge in [-0.3, -0.25) is 5.32 Å². The van der Waals surface area contributed by atoms with Crippen molar-refractivity contribution in [3.8, 4) is 16.3 Å². The lowest BCUT2D eigenvalue weighted by Crippen LogP contribution is -2.11. The van der Waals surface area contributed by atoms with E-state index >= 15 is 0 Å². The van der Waals surface area contributed by atoms with Gasteiger partial charge in [0, 0.05) is 22.2 Å². The van der Waals surface area contributed by atoms with E-state index in [0.29, 0.717) is 12.3 Å². The van der Waals surface area contributed by atoms with E-state index in [1.54, 1.807) is 17.4 Å². The normalized spacial score (nSPS) is 10.6. The number of hydrogen-bond donors (Lipinski definition) is 2. The molecule has 0 aliphatic carbocycles. The maximum Gasteiger partial charge on any atom is 0.409 e. The van der Waals surface area contributed by atoms with Crippen LogP contribution in [0, 0.1) is 20.8 Å². The molecule has 134 valence electrons. The van der Waals surface area contributed by atoms with E-state index in [-0.39, 0.29) is 0 Å². The molecule has 3 rings (SSSR count). The van der Waals surface area contributed by atoms with Crippen LogP contribution in [0.5, 0.6) is 5.75 Å². The van der Waals surface area contributed by atoms with Crippen molar-refractivity contribution >= 4 is 23.1 Å². The molecular weight excluding hydrogens is 348 g/mol. The van der Waals surface area contributed by atoms with Crippen LogP contribution in [0.4, 0.5) is 10.5 Å². The predicted molar refractivity (Wildman–Crippen MR) is 104 cm³/mol. The second-order valence-corrected chi connectivity index (χ2v) is 6.95. The fourth-order valence-electron chi connectivity index (χ4n) is 2.71. The molecule has 0 unspecified atom stereocenters. The average molecular weight is 368 g/mol. The fourth-order valence-corrected chi connectivity index (χ4v) is 3.50. The molecule has 1 heterocycles. The average Bonchev–Trinajstić information content (AvgIpc) is 3.01. The highest BCUT2D eigenvalue weighted by Crippen LogP contribution is 2.29. The molecule has 5 nitrogen and oxygen atoms in total. The van der Waals surface area contributed by atoms with Crippen molar-refractivity contribution in [2.24, 2.45) is 0 Å². The number of nitrogens with one attached hydrogen (secondary N) is 1. The van der Waals surface area contributed by atoms with Gasteiger partial charge in [0.05, 0.1) is 5.69 Å². The summed E-state index contributed by atoms with van der Waals surface area (Å²) in [6.45, 7) is 6.20. The molecule has 6 heteroatoms. The summed E-state index contributed by atoms with van der Waals surface area (Å²) >= 11 is 1.62. The molecule has 0 spiro atoms. The van der Waals surface area contributed by atoms with Crippen molar-refractivity contribution in [1.82, 2.24) is 4.98 Å². The molecule has 0 atom stereocenters. The summed E-state index contributed by atoms with van der Waals surface area (Å²) in [5.74, 6) is 0.770. The molecule has 0 aliphatic rings. The van der Waals surface area contributed by atoms with Crippen LogP contribution in [0.3, 0.4) is 0 Å². The Morgan fingerprint density at radius 3 is 2.65 bits per heavy atom. The monoisotopic (exact) mass is 368 g/mol. The van der Waals surface area contributed by atoms with Crippen molar-refractivity contribution < 1.29 is 14.6 Å². The van der Waals surface area contributed by atoms with Gasteiger partial charge in [-0.1, -0.05) is 12.1 Å². The summed E-state index contributed by atoms with van der Waals surface area (Å²) in [7, 11) is 0. The number of ether oxygens (including phenoxy) is 1. The van der Waals surface area contributed by atoms with E-state index in [4.69, 9.17) is 9.84 Å². The van der Waals surface area contributed by atoms with Crippen LogP contribution in [0.2, 0.25) is 0 Å². The second-order valence-electron chi connectivity index (χ2n) is 6.09. The molecule has 0 fully saturated rings. The maximum atomic E-state index is 11.0. The standard InChI is InChI=1S/C20H20N2O3S/c1-12-5-4-6-17(22-20(23)24)16(12)10-25-18-8-7-15(9-13(18)2)19-21-14(3)11-26-19/h4-9,11,22H,10H2,1-3H3,(H,23,24). The number of hydrogen-bond acceptors (Lipinski definition) is 4. The molecule has 2 aromatic carbocycles. The number of carbonyl (C=O) groups is 1. The molecule has 0 radical (unpaired) electrons. The Hall–Kier alpha value is -2.86. The van der Waals surface area contributed by atoms with Gasteiger partial charge in [0.25, 0.3) is 0 Å². The zero-order valence-corrected chi connectivity index (χ0v) is 15.7. The van der Waals surface area contributed by atoms with Crippen LogP contribution >= 0.6 is 11.3 Å². The Labute approximate surface area is 156 Å². The number of aryl methyl sites for hydroxylation is 3. The third-order valence-corrected chi connectivity index (χ3v) is 5.07. The van der Waals surface area contributed by atoms with Gasteiger partial charge in [-0.25, -0.2) is 9.78 Å². The predicted octanol–water partition coefficient (Wildman–Crippen LogP) is 5.40. The highest BCUT2D eigenvalue weighted by molar-refractivity contribution is 7.13. The van der Waals surface area contributed by atoms with E-state index in [9.17, 15) is 4.79 Å². The minimum absolute atomic E-state index is 0.291. The first-order valence-corrected chi connectivity index (χ1v) is 9.06. The summed E-state index contributed by atoms with van der Waals surface area (Å²) in [6, 6.07) is 11.5. The number of benzene rings is 2. The fraction of sp³-hybridized carbons (Fsp3) is 0.200. The number of anilines is 1. The van der Waals surface area contributed by atoms with Gasteiger partial charge in [-0.05, 0) is 56.2 Å². The van der Waals surface area contributed by atoms with E-state index in [0.717, 1.165) is 38.7 Å². The maximum absolute atomic E-state index is 11.0. The SMILES string of the molecule is Cc1csc(-c2ccc(OCc3c(C)cccc3NC(=O)O)c(C)c2)n1. The molecule has 3 aromatic rings. The van der Waals surface area contributed by atoms with Crippen molar-refractivity contribution in [2.45, 2.75) is 27.4 Å². The summed E-state index contributed by atoms with van der Waals surface area (Å²) in [5, 5.41) is 14.4. The Bertz CT molecular complexity index is 950. The zero-order valence-electron chi connectivity index (χ0n) is 14.9. The van der Waals surface area contributed by atoms with Crippen LogP contribution in [0.15, 0.2) is 41.8 Å². The first kappa shape index (κ1) is 17.9. The van der Waals surface area contributed by atoms with Gasteiger partial charge < -0.3 is 9.84 Å². The first-order valence-electron chi connectivity index (χ1n) is 8.18. The second kappa shape index (κ2) is 7.58. The third-order valence-electron chi connectivity index (χ3n) is 4.06. The molecule has 2 N–H and O–H groups in total. The smallest absolute Gasteiger partial charge is 0.409 e. The minimum Gasteiger partial charge on any atom is -0.489 e. The van der Waals surface area contributed by atoms with Gasteiger partial charge in [-0.2, -0.15) is 0 Å². The van der Waals surface area contributed by atoms with Gasteiger partial charge >= 0.3 is 6.09 Å². The first-order chi connectivity index (χ1) is 12.4. The van der Waals surface area contributed by atoms with Crippen LogP contribution in [0.25, 0.3) is 10.6 Å². The third kappa shape index (κ3) is 4.03. The molecule has 0 aliphatic heterocycles. The molecule has 1 amide bonds. The lowest BCUT2D eigenvalue weighted by atomic mass is 10.1. The zero-order chi connectivity index (χ0) is 18.7. The van der Waals surface area contributed by atoms with Crippen LogP contribution in [0.1, 0.15) is 22.4 Å². The Kier molecular flexibility index (Phi) is 5.23. The lowest BCUT2D eigenvalue weighted by Gasteiger charge is -2.15. The summed E-state index contributed by atoms with van der Waals surface area (Å²) < 4.78 is 5.97. The highest BCUT2D eigenvalue weighted by Gasteiger charge is 2.11. The Morgan fingerprint density at radius 2 is 2.00 bits per heavy atom. The van der Waals surface area contributed by atoms with Crippen LogP contribution < -0.4 is 10.1 Å². The number of nitrogens with zero attached hydrogens (tertiary/aromatic N) is 1. The summed E-state index contributed by atoms with van der Waals surface area (Å²) in [5.41, 5.74) is 5.44. The van der Waals surface area contributed by atoms with Crippen LogP contribution in [-0.4, -0.2) is 16.2 Å². The highest BCUT2D eigenvalue weighted by atomic mass is 32.1. The lowest BCUT2D eigenvalue weighted by molar-refractivity contribution is 0.209. The molecule has 1 aromatic heterocycles. The molecule has 0 bridgehead atoms. The minimum atomic E-state index is -1.09. The molecule has 26 heavy (non-hydrogen) atoms. The van der Waals surface area contributed by atoms with Crippen LogP contribution in [-0.2, 0) is 6.61 Å². The Morgan fingerprint density at radius 1 is 1.19 bits per heavy atom. The number of thiazole rings is 1. The van der Waals surface area contributed by atoms with Crippen molar-refractivity contribution in [3.63, 3.8) is 0 Å². The largest absolute Gasteiger partial charge is 0.489 e. The van der Waals surface area contributed by atoms with Crippen molar-refractivity contribution in [3.05, 3.63) is 64.2 Å². The summed E-state index contributed by atoms with van der Waals surface area (Å²) in [4.78, 5) is 15.5. The number of amides is 1. The van der Waals surface area contributed by atoms with Gasteiger partial charge in [0.15, 0.2) is 0 Å². The van der Waals surface area contributed by atoms with E-state index < -0.39 is 6.09 Å². The number of aromatic nitrogens is 1. The summed E-state index contributed by atoms with van der Waals surface area (Å²) in [6.07, 6.45) is -1.09. The van der Waals surface area contributed by atoms with E-state index in [2.05, 4.69) is 16.4 Å². The van der Waals surface area contributed by atoms with Gasteiger partial charge in [0.1, 0.15) is 17.4 Å². The van der Waals surface area contributed by atoms with E-state index in [1.807, 2.05) is 50.4 Å². The van der Waals surface area contributed by atoms with E-state index in [1.165, 1.54) is 0 Å². The molecule has 0 saturated heterocycles. The Balaban J connectivity index is 1.79. The molecule has 0 saturated carbocycles. The van der Waals surface area contributed by atoms with Gasteiger partial charge in [-0.15, -0.1) is 11.3 Å². The topological polar surface area (TPSA) is 71.5 Å². The van der Waals surface area contributed by atoms with Crippen molar-refractivity contribution in [1.29, 1.82) is 0 Å². The number of rotatable bonds is 5. The molecular formula is C20H20N2O3S. The quantitative estimate of drug-likeness (QED) is 0.632. The van der Waals surface area contributed by atoms with Crippen molar-refractivity contribution in [2.75, 3.05) is 5.32 Å². The number of carboxylic acid groups (broad SMARTS) is 1.